The van der Waals surface area contributed by atoms with Crippen LogP contribution >= 0.6 is 0 Å². The third-order valence-corrected chi connectivity index (χ3v) is 14.5. The molecule has 5 atom stereocenters. The first-order chi connectivity index (χ1) is 38.8. The van der Waals surface area contributed by atoms with Crippen LogP contribution in [0.5, 0.6) is 0 Å². The maximum Gasteiger partial charge on any atom is 0.423 e. The number of carbonyl (C=O) groups is 10. The minimum absolute atomic E-state index is 0.00273. The molecule has 0 spiro atoms. The molecular weight excluding hydrogens is 1090 g/mol. The van der Waals surface area contributed by atoms with Gasteiger partial charge in [-0.25, -0.2) is 14.2 Å². The van der Waals surface area contributed by atoms with Gasteiger partial charge in [-0.15, -0.1) is 0 Å². The highest BCUT2D eigenvalue weighted by atomic mass is 19.4. The lowest BCUT2D eigenvalue weighted by Gasteiger charge is -2.37. The van der Waals surface area contributed by atoms with Crippen molar-refractivity contribution in [2.45, 2.75) is 88.7 Å². The Morgan fingerprint density at radius 1 is 0.890 bits per heavy atom. The quantitative estimate of drug-likeness (QED) is 0.0179. The highest BCUT2D eigenvalue weighted by molar-refractivity contribution is 6.15. The number of aliphatic hydroxyl groups is 1. The van der Waals surface area contributed by atoms with E-state index in [-0.39, 0.29) is 65.8 Å². The lowest BCUT2D eigenvalue weighted by molar-refractivity contribution is -0.225. The molecule has 2 aromatic heterocycles. The summed E-state index contributed by atoms with van der Waals surface area (Å²) in [5, 5.41) is 34.3. The van der Waals surface area contributed by atoms with Gasteiger partial charge in [0.1, 0.15) is 31.2 Å². The maximum atomic E-state index is 15.5. The molecule has 25 nitrogen and oxygen atoms in total. The molecule has 0 fully saturated rings. The summed E-state index contributed by atoms with van der Waals surface area (Å²) in [4.78, 5) is 148. The van der Waals surface area contributed by atoms with Gasteiger partial charge < -0.3 is 61.1 Å². The molecule has 2 aromatic carbocycles. The molecule has 0 saturated carbocycles. The van der Waals surface area contributed by atoms with E-state index >= 15 is 4.39 Å². The molecule has 8 amide bonds. The maximum absolute atomic E-state index is 15.5. The lowest BCUT2D eigenvalue weighted by Crippen LogP contribution is -2.56. The second kappa shape index (κ2) is 24.0. The molecule has 434 valence electrons. The predicted molar refractivity (Wildman–Crippen MR) is 273 cm³/mol. The SMILES string of the molecule is CC[C@@]1(O)C(=O)OCc2c1cc1n(c2=O)Cc2c-1nc1cc(F)c(C)c3c1c2[C@@H](N(C)C(=O)[C@@H](OCNC(=O)CNC(=O)[C@H](Cc1ccccc1)NC(=O)CNC(=O)CNC(=O)[C@@H](CNCC(=O)O)N1C(=O)C=CC1=O)C(F)(F)F)CC3. The van der Waals surface area contributed by atoms with Gasteiger partial charge in [-0.1, -0.05) is 37.3 Å². The van der Waals surface area contributed by atoms with Crippen LogP contribution in [0.3, 0.4) is 0 Å². The number of fused-ring (bicyclic) bond motifs is 5. The number of esters is 1. The van der Waals surface area contributed by atoms with Crippen LogP contribution in [0.15, 0.2) is 59.4 Å². The van der Waals surface area contributed by atoms with Crippen molar-refractivity contribution in [3.8, 4) is 11.4 Å². The van der Waals surface area contributed by atoms with Gasteiger partial charge in [0, 0.05) is 54.7 Å². The minimum Gasteiger partial charge on any atom is -0.480 e. The topological polar surface area (TPSA) is 343 Å². The number of aromatic nitrogens is 2. The smallest absolute Gasteiger partial charge is 0.423 e. The fraction of sp³-hybridized carbons (Fsp3) is 0.396. The molecule has 0 unspecified atom stereocenters. The van der Waals surface area contributed by atoms with Gasteiger partial charge in [-0.2, -0.15) is 13.2 Å². The number of hydrogen-bond donors (Lipinski definition) is 8. The number of nitrogens with one attached hydrogen (secondary N) is 6. The molecule has 0 radical (unpaired) electrons. The first-order valence-electron chi connectivity index (χ1n) is 25.5. The summed E-state index contributed by atoms with van der Waals surface area (Å²) in [6.45, 7) is -2.31. The van der Waals surface area contributed by atoms with E-state index in [0.717, 1.165) is 30.2 Å². The van der Waals surface area contributed by atoms with E-state index in [9.17, 15) is 71.0 Å². The van der Waals surface area contributed by atoms with Gasteiger partial charge in [0.05, 0.1) is 61.2 Å². The van der Waals surface area contributed by atoms with Crippen molar-refractivity contribution in [3.63, 3.8) is 0 Å². The van der Waals surface area contributed by atoms with E-state index < -0.39 is 153 Å². The molecule has 8 rings (SSSR count). The van der Waals surface area contributed by atoms with Crippen LogP contribution in [0.4, 0.5) is 17.6 Å². The highest BCUT2D eigenvalue weighted by Gasteiger charge is 2.50. The molecule has 1 aliphatic carbocycles. The number of carboxylic acid groups (broad SMARTS) is 1. The van der Waals surface area contributed by atoms with Crippen LogP contribution in [0.25, 0.3) is 22.3 Å². The average molecular weight is 1150 g/mol. The first kappa shape index (κ1) is 59.2. The number of likely N-dealkylation sites (N-methyl/N-ethyl adjacent to an activating group) is 1. The van der Waals surface area contributed by atoms with E-state index in [1.54, 1.807) is 30.3 Å². The number of imide groups is 1. The number of aliphatic carboxylic acids is 1. The molecule has 5 heterocycles. The van der Waals surface area contributed by atoms with Crippen molar-refractivity contribution >= 4 is 70.1 Å². The first-order valence-corrected chi connectivity index (χ1v) is 25.5. The summed E-state index contributed by atoms with van der Waals surface area (Å²) >= 11 is 0. The summed E-state index contributed by atoms with van der Waals surface area (Å²) in [7, 11) is 1.12. The van der Waals surface area contributed by atoms with E-state index in [1.807, 2.05) is 0 Å². The van der Waals surface area contributed by atoms with Gasteiger partial charge in [0.25, 0.3) is 23.3 Å². The zero-order chi connectivity index (χ0) is 59.5. The largest absolute Gasteiger partial charge is 0.480 e. The molecule has 4 aliphatic rings. The third-order valence-electron chi connectivity index (χ3n) is 14.5. The monoisotopic (exact) mass is 1150 g/mol. The van der Waals surface area contributed by atoms with Crippen LogP contribution in [0.1, 0.15) is 64.8 Å². The Labute approximate surface area is 461 Å². The van der Waals surface area contributed by atoms with Crippen molar-refractivity contribution < 1.29 is 85.2 Å². The second-order valence-corrected chi connectivity index (χ2v) is 19.6. The summed E-state index contributed by atoms with van der Waals surface area (Å²) in [5.41, 5.74) is -0.608. The molecule has 8 N–H and O–H groups in total. The van der Waals surface area contributed by atoms with Gasteiger partial charge in [-0.3, -0.25) is 52.8 Å². The number of halogens is 4. The number of pyridine rings is 2. The molecular formula is C53H54F4N10O15. The van der Waals surface area contributed by atoms with Crippen LogP contribution in [0.2, 0.25) is 0 Å². The predicted octanol–water partition coefficient (Wildman–Crippen LogP) is -0.962. The Morgan fingerprint density at radius 2 is 1.55 bits per heavy atom. The Balaban J connectivity index is 0.898. The normalized spacial score (nSPS) is 17.9. The Bertz CT molecular complexity index is 3410. The van der Waals surface area contributed by atoms with Gasteiger partial charge >= 0.3 is 18.1 Å². The molecule has 0 bridgehead atoms. The summed E-state index contributed by atoms with van der Waals surface area (Å²) in [5.74, 6) is -11.1. The van der Waals surface area contributed by atoms with Crippen LogP contribution in [-0.2, 0) is 89.0 Å². The van der Waals surface area contributed by atoms with Crippen molar-refractivity contribution in [1.29, 1.82) is 0 Å². The van der Waals surface area contributed by atoms with Crippen molar-refractivity contribution in [3.05, 3.63) is 110 Å². The standard InChI is InChI=1S/C53H54F4N10O15/c1-4-52(80)30-15-35-45-28(22-66(35)49(77)29(30)23-81-51(52)79)44-34(11-10-27-25(2)31(54)16-32(64-45)43(27)44)65(3)50(78)46(53(55,56)57)82-24-62-38(69)19-60-47(75)33(14-26-8-6-5-7-9-26)63-39(70)20-59-37(68)18-61-48(76)36(17-58-21-42(73)74)67-40(71)12-13-41(67)72/h5-9,12-13,15-16,33-34,36,46,58,80H,4,10-11,14,17-24H2,1-3H3,(H,59,68)(H,60,75)(H,61,76)(H,62,69)(H,63,70)(H,73,74)/t33-,34-,36+,46+,52-/m0/s1. The number of cyclic esters (lactones) is 1. The molecule has 0 saturated heterocycles. The summed E-state index contributed by atoms with van der Waals surface area (Å²) in [6.07, 6.45) is -6.97. The highest BCUT2D eigenvalue weighted by Crippen LogP contribution is 2.48. The average Bonchev–Trinajstić information content (AvgIpc) is 2.07. The number of aryl methyl sites for hydroxylation is 1. The fourth-order valence-corrected chi connectivity index (χ4v) is 10.3. The third kappa shape index (κ3) is 12.1. The number of alkyl halides is 3. The molecule has 4 aromatic rings. The van der Waals surface area contributed by atoms with Gasteiger partial charge in [0.2, 0.25) is 35.6 Å². The number of carbonyl (C=O) groups excluding carboxylic acids is 9. The molecule has 29 heteroatoms. The Hall–Kier alpha value is -8.96. The zero-order valence-electron chi connectivity index (χ0n) is 44.0. The summed E-state index contributed by atoms with van der Waals surface area (Å²) in [6, 6.07) is 6.61. The van der Waals surface area contributed by atoms with Crippen LogP contribution < -0.4 is 37.5 Å². The van der Waals surface area contributed by atoms with Gasteiger partial charge in [-0.05, 0) is 54.5 Å². The van der Waals surface area contributed by atoms with E-state index in [0.29, 0.717) is 32.5 Å². The molecule has 3 aliphatic heterocycles. The van der Waals surface area contributed by atoms with E-state index in [4.69, 9.17) is 19.6 Å². The number of ether oxygens (including phenoxy) is 2. The van der Waals surface area contributed by atoms with Crippen molar-refractivity contribution in [2.24, 2.45) is 0 Å². The molecule has 82 heavy (non-hydrogen) atoms. The second-order valence-electron chi connectivity index (χ2n) is 19.6. The Kier molecular flexibility index (Phi) is 17.3. The van der Waals surface area contributed by atoms with Gasteiger partial charge in [0.15, 0.2) is 5.60 Å². The van der Waals surface area contributed by atoms with E-state index in [2.05, 4.69) is 31.9 Å². The fourth-order valence-electron chi connectivity index (χ4n) is 10.3. The zero-order valence-corrected chi connectivity index (χ0v) is 44.0. The van der Waals surface area contributed by atoms with Crippen molar-refractivity contribution in [1.82, 2.24) is 51.3 Å². The number of nitrogens with zero attached hydrogens (tertiary/aromatic N) is 4. The number of benzene rings is 2. The number of rotatable bonds is 22. The summed E-state index contributed by atoms with van der Waals surface area (Å²) < 4.78 is 71.6. The number of amides is 8. The van der Waals surface area contributed by atoms with E-state index in [1.165, 1.54) is 24.5 Å². The number of carboxylic acids is 1. The van der Waals surface area contributed by atoms with Crippen LogP contribution in [0, 0.1) is 12.7 Å². The van der Waals surface area contributed by atoms with Crippen molar-refractivity contribution in [2.75, 3.05) is 46.5 Å². The lowest BCUT2D eigenvalue weighted by atomic mass is 9.81. The minimum atomic E-state index is -5.36. The number of hydrogen-bond acceptors (Lipinski definition) is 16. The van der Waals surface area contributed by atoms with Crippen LogP contribution in [-0.4, -0.2) is 160 Å². The Morgan fingerprint density at radius 3 is 2.21 bits per heavy atom.